The van der Waals surface area contributed by atoms with Crippen LogP contribution in [0.4, 0.5) is 0 Å². The van der Waals surface area contributed by atoms with Crippen molar-refractivity contribution in [3.05, 3.63) is 0 Å². The minimum atomic E-state index is -0.561. The second-order valence-electron chi connectivity index (χ2n) is 7.58. The number of hydrogen-bond donors (Lipinski definition) is 1. The van der Waals surface area contributed by atoms with E-state index in [0.29, 0.717) is 5.92 Å². The number of carboxylic acid groups (broad SMARTS) is 1. The Bertz CT molecular complexity index is 275. The Hall–Kier alpha value is -0.530. The number of aliphatic carboxylic acids is 1. The summed E-state index contributed by atoms with van der Waals surface area (Å²) in [7, 11) is 0. The van der Waals surface area contributed by atoms with E-state index in [1.54, 1.807) is 0 Å². The maximum Gasteiger partial charge on any atom is 0.306 e. The van der Waals surface area contributed by atoms with Crippen molar-refractivity contribution in [2.45, 2.75) is 124 Å². The van der Waals surface area contributed by atoms with Crippen molar-refractivity contribution >= 4 is 5.97 Å². The third-order valence-corrected chi connectivity index (χ3v) is 5.46. The van der Waals surface area contributed by atoms with Gasteiger partial charge < -0.3 is 5.11 Å². The van der Waals surface area contributed by atoms with E-state index in [4.69, 9.17) is 0 Å². The van der Waals surface area contributed by atoms with E-state index in [2.05, 4.69) is 20.8 Å². The van der Waals surface area contributed by atoms with E-state index in [9.17, 15) is 9.90 Å². The van der Waals surface area contributed by atoms with Crippen LogP contribution in [-0.4, -0.2) is 11.1 Å². The van der Waals surface area contributed by atoms with E-state index < -0.39 is 5.97 Å². The van der Waals surface area contributed by atoms with Crippen molar-refractivity contribution < 1.29 is 9.90 Å². The molecule has 0 fully saturated rings. The van der Waals surface area contributed by atoms with Gasteiger partial charge in [0.05, 0.1) is 5.92 Å². The Balaban J connectivity index is 3.78. The highest BCUT2D eigenvalue weighted by Gasteiger charge is 2.25. The molecular formula is C22H44O2. The molecule has 0 bridgehead atoms. The Labute approximate surface area is 151 Å². The number of rotatable bonds is 18. The van der Waals surface area contributed by atoms with Gasteiger partial charge in [0.15, 0.2) is 0 Å². The quantitative estimate of drug-likeness (QED) is 0.261. The smallest absolute Gasteiger partial charge is 0.306 e. The fourth-order valence-corrected chi connectivity index (χ4v) is 3.76. The Morgan fingerprint density at radius 1 is 0.667 bits per heavy atom. The lowest BCUT2D eigenvalue weighted by molar-refractivity contribution is -0.144. The molecule has 0 aliphatic heterocycles. The standard InChI is InChI=1S/C22H44O2/c1-4-7-9-10-11-12-13-14-15-17-19-21(22(23)24)20(6-3)18-16-8-5-2/h20-21H,4-19H2,1-3H3,(H,23,24). The molecule has 0 aromatic rings. The number of unbranched alkanes of at least 4 members (excludes halogenated alkanes) is 11. The first-order valence-corrected chi connectivity index (χ1v) is 10.9. The lowest BCUT2D eigenvalue weighted by Crippen LogP contribution is -2.23. The molecule has 2 heteroatoms. The summed E-state index contributed by atoms with van der Waals surface area (Å²) in [5.41, 5.74) is 0. The fourth-order valence-electron chi connectivity index (χ4n) is 3.76. The van der Waals surface area contributed by atoms with Gasteiger partial charge in [-0.25, -0.2) is 0 Å². The summed E-state index contributed by atoms with van der Waals surface area (Å²) in [6.45, 7) is 6.63. The first-order chi connectivity index (χ1) is 11.7. The van der Waals surface area contributed by atoms with Crippen LogP contribution in [0, 0.1) is 11.8 Å². The number of hydrogen-bond acceptors (Lipinski definition) is 1. The highest BCUT2D eigenvalue weighted by molar-refractivity contribution is 5.70. The van der Waals surface area contributed by atoms with Crippen molar-refractivity contribution in [1.82, 2.24) is 0 Å². The molecule has 0 spiro atoms. The molecule has 0 rings (SSSR count). The molecule has 144 valence electrons. The summed E-state index contributed by atoms with van der Waals surface area (Å²) in [6, 6.07) is 0. The van der Waals surface area contributed by atoms with E-state index >= 15 is 0 Å². The van der Waals surface area contributed by atoms with Gasteiger partial charge in [-0.3, -0.25) is 4.79 Å². The number of carboxylic acids is 1. The lowest BCUT2D eigenvalue weighted by Gasteiger charge is -2.22. The molecule has 0 aromatic carbocycles. The van der Waals surface area contributed by atoms with Crippen molar-refractivity contribution in [3.63, 3.8) is 0 Å². The molecule has 0 saturated heterocycles. The zero-order valence-electron chi connectivity index (χ0n) is 16.8. The van der Waals surface area contributed by atoms with E-state index in [0.717, 1.165) is 25.7 Å². The van der Waals surface area contributed by atoms with Gasteiger partial charge in [-0.1, -0.05) is 111 Å². The molecular weight excluding hydrogens is 296 g/mol. The maximum atomic E-state index is 11.6. The van der Waals surface area contributed by atoms with Crippen molar-refractivity contribution in [2.75, 3.05) is 0 Å². The van der Waals surface area contributed by atoms with Gasteiger partial charge in [0, 0.05) is 0 Å². The largest absolute Gasteiger partial charge is 0.481 e. The average Bonchev–Trinajstić information content (AvgIpc) is 2.57. The van der Waals surface area contributed by atoms with Crippen LogP contribution < -0.4 is 0 Å². The Morgan fingerprint density at radius 3 is 1.54 bits per heavy atom. The maximum absolute atomic E-state index is 11.6. The molecule has 0 radical (unpaired) electrons. The highest BCUT2D eigenvalue weighted by Crippen LogP contribution is 2.27. The van der Waals surface area contributed by atoms with Crippen LogP contribution in [0.5, 0.6) is 0 Å². The summed E-state index contributed by atoms with van der Waals surface area (Å²) < 4.78 is 0. The summed E-state index contributed by atoms with van der Waals surface area (Å²) in [4.78, 5) is 11.6. The molecule has 0 heterocycles. The Morgan fingerprint density at radius 2 is 1.08 bits per heavy atom. The number of carbonyl (C=O) groups is 1. The molecule has 0 aliphatic carbocycles. The van der Waals surface area contributed by atoms with Crippen molar-refractivity contribution in [2.24, 2.45) is 11.8 Å². The third kappa shape index (κ3) is 12.8. The summed E-state index contributed by atoms with van der Waals surface area (Å²) in [6.07, 6.45) is 19.8. The van der Waals surface area contributed by atoms with Gasteiger partial charge >= 0.3 is 5.97 Å². The predicted octanol–water partition coefficient (Wildman–Crippen LogP) is 7.60. The van der Waals surface area contributed by atoms with Crippen LogP contribution in [0.3, 0.4) is 0 Å². The van der Waals surface area contributed by atoms with E-state index in [-0.39, 0.29) is 5.92 Å². The van der Waals surface area contributed by atoms with Crippen LogP contribution in [0.2, 0.25) is 0 Å². The topological polar surface area (TPSA) is 37.3 Å². The Kier molecular flexibility index (Phi) is 16.9. The van der Waals surface area contributed by atoms with Gasteiger partial charge in [0.2, 0.25) is 0 Å². The van der Waals surface area contributed by atoms with E-state index in [1.807, 2.05) is 0 Å². The molecule has 2 unspecified atom stereocenters. The predicted molar refractivity (Wildman–Crippen MR) is 106 cm³/mol. The van der Waals surface area contributed by atoms with Crippen molar-refractivity contribution in [1.29, 1.82) is 0 Å². The third-order valence-electron chi connectivity index (χ3n) is 5.46. The zero-order chi connectivity index (χ0) is 18.0. The lowest BCUT2D eigenvalue weighted by atomic mass is 9.82. The molecule has 0 saturated carbocycles. The molecule has 0 aromatic heterocycles. The van der Waals surface area contributed by atoms with Crippen molar-refractivity contribution in [3.8, 4) is 0 Å². The van der Waals surface area contributed by atoms with Crippen LogP contribution >= 0.6 is 0 Å². The first-order valence-electron chi connectivity index (χ1n) is 10.9. The molecule has 24 heavy (non-hydrogen) atoms. The summed E-state index contributed by atoms with van der Waals surface area (Å²) >= 11 is 0. The van der Waals surface area contributed by atoms with Gasteiger partial charge in [-0.05, 0) is 18.8 Å². The highest BCUT2D eigenvalue weighted by atomic mass is 16.4. The first kappa shape index (κ1) is 23.5. The fraction of sp³-hybridized carbons (Fsp3) is 0.955. The van der Waals surface area contributed by atoms with Crippen LogP contribution in [0.15, 0.2) is 0 Å². The van der Waals surface area contributed by atoms with Gasteiger partial charge in [0.25, 0.3) is 0 Å². The second kappa shape index (κ2) is 17.3. The minimum Gasteiger partial charge on any atom is -0.481 e. The minimum absolute atomic E-state index is 0.110. The summed E-state index contributed by atoms with van der Waals surface area (Å²) in [5.74, 6) is -0.289. The monoisotopic (exact) mass is 340 g/mol. The van der Waals surface area contributed by atoms with Gasteiger partial charge in [-0.15, -0.1) is 0 Å². The SMILES string of the molecule is CCCCCCCCCCCCC(C(=O)O)C(CC)CCCCC. The summed E-state index contributed by atoms with van der Waals surface area (Å²) in [5, 5.41) is 9.57. The molecule has 2 atom stereocenters. The molecule has 0 amide bonds. The molecule has 2 nitrogen and oxygen atoms in total. The molecule has 0 aliphatic rings. The normalized spacial score (nSPS) is 13.8. The van der Waals surface area contributed by atoms with Crippen LogP contribution in [0.25, 0.3) is 0 Å². The second-order valence-corrected chi connectivity index (χ2v) is 7.58. The van der Waals surface area contributed by atoms with Crippen LogP contribution in [0.1, 0.15) is 124 Å². The molecule has 1 N–H and O–H groups in total. The zero-order valence-corrected chi connectivity index (χ0v) is 16.8. The van der Waals surface area contributed by atoms with E-state index in [1.165, 1.54) is 77.0 Å². The van der Waals surface area contributed by atoms with Gasteiger partial charge in [0.1, 0.15) is 0 Å². The average molecular weight is 341 g/mol. The van der Waals surface area contributed by atoms with Crippen LogP contribution in [-0.2, 0) is 4.79 Å². The van der Waals surface area contributed by atoms with Gasteiger partial charge in [-0.2, -0.15) is 0 Å².